The van der Waals surface area contributed by atoms with Crippen molar-refractivity contribution in [2.24, 2.45) is 5.92 Å². The maximum Gasteiger partial charge on any atom is 0.416 e. The summed E-state index contributed by atoms with van der Waals surface area (Å²) in [6.45, 7) is 5.78. The Labute approximate surface area is 205 Å². The molecule has 0 radical (unpaired) electrons. The minimum absolute atomic E-state index is 0.182. The number of piperazine rings is 1. The van der Waals surface area contributed by atoms with E-state index in [1.54, 1.807) is 6.07 Å². The van der Waals surface area contributed by atoms with E-state index < -0.39 is 11.7 Å². The van der Waals surface area contributed by atoms with Crippen molar-refractivity contribution in [2.75, 3.05) is 51.3 Å². The third kappa shape index (κ3) is 6.76. The second-order valence-corrected chi connectivity index (χ2v) is 9.52. The Kier molecular flexibility index (Phi) is 8.34. The average Bonchev–Trinajstić information content (AvgIpc) is 2.88. The molecule has 0 spiro atoms. The van der Waals surface area contributed by atoms with Crippen molar-refractivity contribution < 1.29 is 22.7 Å². The lowest BCUT2D eigenvalue weighted by molar-refractivity contribution is -0.141. The molecular weight excluding hydrogens is 455 g/mol. The molecule has 0 bridgehead atoms. The molecular formula is C27H34F3N3O2. The first-order chi connectivity index (χ1) is 16.8. The predicted molar refractivity (Wildman–Crippen MR) is 130 cm³/mol. The number of nitrogens with zero attached hydrogens (tertiary/aromatic N) is 3. The Morgan fingerprint density at radius 1 is 1.00 bits per heavy atom. The zero-order valence-corrected chi connectivity index (χ0v) is 20.2. The normalized spacial score (nSPS) is 22.2. The third-order valence-electron chi connectivity index (χ3n) is 7.30. The molecule has 2 atom stereocenters. The standard InChI is InChI=1S/C27H34F3N3O2/c1-35-26(34)11-10-22-20-31(19-21-6-3-2-4-7-21)13-12-25(22)33-16-14-32(15-17-33)24-9-5-8-23(18-24)27(28,29)30/h2-9,18,22,25H,10-17,19-20H2,1H3. The number of halogens is 3. The van der Waals surface area contributed by atoms with Crippen molar-refractivity contribution in [3.63, 3.8) is 0 Å². The molecule has 0 saturated carbocycles. The van der Waals surface area contributed by atoms with Gasteiger partial charge >= 0.3 is 12.1 Å². The summed E-state index contributed by atoms with van der Waals surface area (Å²) in [7, 11) is 1.43. The van der Waals surface area contributed by atoms with Crippen LogP contribution in [0.25, 0.3) is 0 Å². The lowest BCUT2D eigenvalue weighted by atomic mass is 9.86. The van der Waals surface area contributed by atoms with Gasteiger partial charge in [0.15, 0.2) is 0 Å². The summed E-state index contributed by atoms with van der Waals surface area (Å²) in [6, 6.07) is 16.4. The van der Waals surface area contributed by atoms with Crippen LogP contribution in [0.5, 0.6) is 0 Å². The molecule has 0 amide bonds. The Hall–Kier alpha value is -2.58. The second-order valence-electron chi connectivity index (χ2n) is 9.52. The molecule has 2 aromatic carbocycles. The fourth-order valence-electron chi connectivity index (χ4n) is 5.44. The number of anilines is 1. The van der Waals surface area contributed by atoms with Crippen molar-refractivity contribution in [3.8, 4) is 0 Å². The number of hydrogen-bond acceptors (Lipinski definition) is 5. The van der Waals surface area contributed by atoms with E-state index in [1.165, 1.54) is 24.8 Å². The summed E-state index contributed by atoms with van der Waals surface area (Å²) in [5.74, 6) is 0.157. The van der Waals surface area contributed by atoms with Crippen LogP contribution in [0.3, 0.4) is 0 Å². The van der Waals surface area contributed by atoms with E-state index in [0.29, 0.717) is 37.2 Å². The molecule has 8 heteroatoms. The first-order valence-corrected chi connectivity index (χ1v) is 12.3. The SMILES string of the molecule is COC(=O)CCC1CN(Cc2ccccc2)CCC1N1CCN(c2cccc(C(F)(F)F)c2)CC1. The molecule has 190 valence electrons. The fraction of sp³-hybridized carbons (Fsp3) is 0.519. The number of esters is 1. The maximum atomic E-state index is 13.1. The van der Waals surface area contributed by atoms with Crippen LogP contribution in [0, 0.1) is 5.92 Å². The number of rotatable bonds is 7. The minimum atomic E-state index is -4.33. The molecule has 35 heavy (non-hydrogen) atoms. The van der Waals surface area contributed by atoms with Crippen LogP contribution in [-0.4, -0.2) is 68.2 Å². The van der Waals surface area contributed by atoms with Gasteiger partial charge < -0.3 is 9.64 Å². The van der Waals surface area contributed by atoms with Crippen LogP contribution in [0.1, 0.15) is 30.4 Å². The summed E-state index contributed by atoms with van der Waals surface area (Å²) in [6.07, 6.45) is -2.14. The van der Waals surface area contributed by atoms with Gasteiger partial charge in [-0.15, -0.1) is 0 Å². The number of piperidine rings is 1. The molecule has 2 aromatic rings. The van der Waals surface area contributed by atoms with E-state index in [2.05, 4.69) is 34.1 Å². The van der Waals surface area contributed by atoms with Crippen LogP contribution < -0.4 is 4.90 Å². The van der Waals surface area contributed by atoms with E-state index in [9.17, 15) is 18.0 Å². The monoisotopic (exact) mass is 489 g/mol. The van der Waals surface area contributed by atoms with Crippen molar-refractivity contribution in [1.82, 2.24) is 9.80 Å². The van der Waals surface area contributed by atoms with Crippen LogP contribution in [-0.2, 0) is 22.3 Å². The Morgan fingerprint density at radius 3 is 2.43 bits per heavy atom. The highest BCUT2D eigenvalue weighted by Crippen LogP contribution is 2.33. The largest absolute Gasteiger partial charge is 0.469 e. The number of alkyl halides is 3. The fourth-order valence-corrected chi connectivity index (χ4v) is 5.44. The Morgan fingerprint density at radius 2 is 1.74 bits per heavy atom. The van der Waals surface area contributed by atoms with Gasteiger partial charge in [-0.3, -0.25) is 14.6 Å². The Bertz CT molecular complexity index is 962. The van der Waals surface area contributed by atoms with Crippen LogP contribution in [0.4, 0.5) is 18.9 Å². The van der Waals surface area contributed by atoms with Crippen molar-refractivity contribution >= 4 is 11.7 Å². The molecule has 4 rings (SSSR count). The van der Waals surface area contributed by atoms with Gasteiger partial charge in [0.05, 0.1) is 12.7 Å². The van der Waals surface area contributed by atoms with Gasteiger partial charge in [-0.2, -0.15) is 13.2 Å². The summed E-state index contributed by atoms with van der Waals surface area (Å²) in [5.41, 5.74) is 1.30. The zero-order chi connectivity index (χ0) is 24.8. The lowest BCUT2D eigenvalue weighted by Crippen LogP contribution is -2.56. The molecule has 2 heterocycles. The first kappa shape index (κ1) is 25.5. The highest BCUT2D eigenvalue weighted by molar-refractivity contribution is 5.69. The number of ether oxygens (including phenoxy) is 1. The number of carbonyl (C=O) groups is 1. The molecule has 2 saturated heterocycles. The van der Waals surface area contributed by atoms with Gasteiger partial charge in [0.1, 0.15) is 0 Å². The summed E-state index contributed by atoms with van der Waals surface area (Å²) in [5, 5.41) is 0. The van der Waals surface area contributed by atoms with Crippen molar-refractivity contribution in [3.05, 3.63) is 65.7 Å². The predicted octanol–water partition coefficient (Wildman–Crippen LogP) is 4.67. The van der Waals surface area contributed by atoms with Gasteiger partial charge in [0.25, 0.3) is 0 Å². The molecule has 0 aliphatic carbocycles. The van der Waals surface area contributed by atoms with E-state index in [0.717, 1.165) is 51.6 Å². The first-order valence-electron chi connectivity index (χ1n) is 12.3. The third-order valence-corrected chi connectivity index (χ3v) is 7.30. The second kappa shape index (κ2) is 11.4. The van der Waals surface area contributed by atoms with Crippen molar-refractivity contribution in [1.29, 1.82) is 0 Å². The molecule has 5 nitrogen and oxygen atoms in total. The maximum absolute atomic E-state index is 13.1. The molecule has 2 fully saturated rings. The Balaban J connectivity index is 1.39. The van der Waals surface area contributed by atoms with Gasteiger partial charge in [0.2, 0.25) is 0 Å². The van der Waals surface area contributed by atoms with E-state index in [4.69, 9.17) is 4.74 Å². The van der Waals surface area contributed by atoms with Crippen LogP contribution in [0.15, 0.2) is 54.6 Å². The zero-order valence-electron chi connectivity index (χ0n) is 20.2. The quantitative estimate of drug-likeness (QED) is 0.529. The van der Waals surface area contributed by atoms with E-state index in [1.807, 2.05) is 11.0 Å². The van der Waals surface area contributed by atoms with Gasteiger partial charge in [-0.25, -0.2) is 0 Å². The van der Waals surface area contributed by atoms with Crippen molar-refractivity contribution in [2.45, 2.75) is 38.0 Å². The number of hydrogen-bond donors (Lipinski definition) is 0. The van der Waals surface area contributed by atoms with Crippen LogP contribution in [0.2, 0.25) is 0 Å². The smallest absolute Gasteiger partial charge is 0.416 e. The number of carbonyl (C=O) groups excluding carboxylic acids is 1. The van der Waals surface area contributed by atoms with Crippen LogP contribution >= 0.6 is 0 Å². The molecule has 0 aromatic heterocycles. The molecule has 0 N–H and O–H groups in total. The number of methoxy groups -OCH3 is 1. The molecule has 2 unspecified atom stereocenters. The highest BCUT2D eigenvalue weighted by Gasteiger charge is 2.35. The summed E-state index contributed by atoms with van der Waals surface area (Å²) >= 11 is 0. The van der Waals surface area contributed by atoms with Gasteiger partial charge in [0, 0.05) is 57.4 Å². The molecule has 2 aliphatic rings. The van der Waals surface area contributed by atoms with Gasteiger partial charge in [-0.1, -0.05) is 36.4 Å². The molecule has 2 aliphatic heterocycles. The van der Waals surface area contributed by atoms with E-state index in [-0.39, 0.29) is 5.97 Å². The number of likely N-dealkylation sites (tertiary alicyclic amines) is 1. The number of benzene rings is 2. The minimum Gasteiger partial charge on any atom is -0.469 e. The highest BCUT2D eigenvalue weighted by atomic mass is 19.4. The summed E-state index contributed by atoms with van der Waals surface area (Å²) < 4.78 is 44.3. The van der Waals surface area contributed by atoms with E-state index >= 15 is 0 Å². The average molecular weight is 490 g/mol. The van der Waals surface area contributed by atoms with Gasteiger partial charge in [-0.05, 0) is 49.1 Å². The topological polar surface area (TPSA) is 36.0 Å². The summed E-state index contributed by atoms with van der Waals surface area (Å²) in [4.78, 5) is 18.9. The lowest BCUT2D eigenvalue weighted by Gasteiger charge is -2.47.